The Morgan fingerprint density at radius 1 is 0.971 bits per heavy atom. The summed E-state index contributed by atoms with van der Waals surface area (Å²) in [5, 5.41) is 12.7. The van der Waals surface area contributed by atoms with Crippen LogP contribution in [0.5, 0.6) is 17.2 Å². The van der Waals surface area contributed by atoms with Gasteiger partial charge in [-0.2, -0.15) is 0 Å². The Hall–Kier alpha value is -4.72. The molecule has 0 fully saturated rings. The molecule has 4 aromatic rings. The number of benzene rings is 3. The van der Waals surface area contributed by atoms with Crippen LogP contribution in [0.4, 0.5) is 5.69 Å². The monoisotopic (exact) mass is 470 g/mol. The number of esters is 1. The SMILES string of the molecule is COc1c(OC(C)=O)ccc(/C=C/c2ccc3cccc(OCc4ccccc4)c3n2)c1[N+](=O)[O-]. The molecule has 1 aromatic heterocycles. The van der Waals surface area contributed by atoms with Crippen LogP contribution in [0.25, 0.3) is 23.1 Å². The molecule has 0 bridgehead atoms. The van der Waals surface area contributed by atoms with E-state index in [4.69, 9.17) is 19.2 Å². The molecule has 3 aromatic carbocycles. The number of aromatic nitrogens is 1. The largest absolute Gasteiger partial charge is 0.488 e. The minimum Gasteiger partial charge on any atom is -0.488 e. The van der Waals surface area contributed by atoms with Crippen LogP contribution < -0.4 is 14.2 Å². The van der Waals surface area contributed by atoms with Crippen LogP contribution in [0.2, 0.25) is 0 Å². The van der Waals surface area contributed by atoms with Crippen molar-refractivity contribution in [2.45, 2.75) is 13.5 Å². The maximum atomic E-state index is 11.8. The summed E-state index contributed by atoms with van der Waals surface area (Å²) in [6.07, 6.45) is 3.24. The van der Waals surface area contributed by atoms with Crippen LogP contribution in [0.3, 0.4) is 0 Å². The van der Waals surface area contributed by atoms with Crippen molar-refractivity contribution >= 4 is 34.7 Å². The summed E-state index contributed by atoms with van der Waals surface area (Å²) in [5.74, 6) is -0.116. The summed E-state index contributed by atoms with van der Waals surface area (Å²) < 4.78 is 16.2. The molecule has 0 radical (unpaired) electrons. The molecule has 0 aliphatic carbocycles. The van der Waals surface area contributed by atoms with Crippen molar-refractivity contribution in [1.82, 2.24) is 4.98 Å². The predicted octanol–water partition coefficient (Wildman–Crippen LogP) is 5.83. The van der Waals surface area contributed by atoms with Crippen molar-refractivity contribution in [3.63, 3.8) is 0 Å². The fraction of sp³-hybridized carbons (Fsp3) is 0.111. The van der Waals surface area contributed by atoms with Crippen LogP contribution in [0, 0.1) is 10.1 Å². The number of fused-ring (bicyclic) bond motifs is 1. The third kappa shape index (κ3) is 5.44. The Kier molecular flexibility index (Phi) is 7.02. The molecule has 4 rings (SSSR count). The van der Waals surface area contributed by atoms with Crippen LogP contribution in [0.1, 0.15) is 23.7 Å². The van der Waals surface area contributed by atoms with Gasteiger partial charge in [-0.05, 0) is 42.0 Å². The summed E-state index contributed by atoms with van der Waals surface area (Å²) in [6, 6.07) is 22.2. The molecule has 0 aliphatic heterocycles. The molecule has 0 unspecified atom stereocenters. The van der Waals surface area contributed by atoms with Gasteiger partial charge in [-0.15, -0.1) is 0 Å². The molecule has 35 heavy (non-hydrogen) atoms. The number of para-hydroxylation sites is 1. The number of rotatable bonds is 8. The Balaban J connectivity index is 1.66. The van der Waals surface area contributed by atoms with Crippen LogP contribution in [-0.4, -0.2) is 23.0 Å². The van der Waals surface area contributed by atoms with E-state index in [1.54, 1.807) is 12.2 Å². The summed E-state index contributed by atoms with van der Waals surface area (Å²) in [6.45, 7) is 1.62. The van der Waals surface area contributed by atoms with Gasteiger partial charge in [0.2, 0.25) is 5.75 Å². The second-order valence-corrected chi connectivity index (χ2v) is 7.56. The van der Waals surface area contributed by atoms with E-state index in [0.29, 0.717) is 23.6 Å². The fourth-order valence-electron chi connectivity index (χ4n) is 3.58. The van der Waals surface area contributed by atoms with Crippen molar-refractivity contribution in [1.29, 1.82) is 0 Å². The highest BCUT2D eigenvalue weighted by Gasteiger charge is 2.25. The second-order valence-electron chi connectivity index (χ2n) is 7.56. The minimum atomic E-state index is -0.605. The number of nitro groups is 1. The van der Waals surface area contributed by atoms with Crippen LogP contribution >= 0.6 is 0 Å². The molecule has 8 heteroatoms. The molecule has 176 valence electrons. The number of nitrogens with zero attached hydrogens (tertiary/aromatic N) is 2. The van der Waals surface area contributed by atoms with Gasteiger partial charge in [0, 0.05) is 12.3 Å². The first-order chi connectivity index (χ1) is 17.0. The van der Waals surface area contributed by atoms with Gasteiger partial charge in [0.1, 0.15) is 17.9 Å². The molecular weight excluding hydrogens is 448 g/mol. The number of nitro benzene ring substituents is 1. The molecule has 0 aliphatic rings. The van der Waals surface area contributed by atoms with Gasteiger partial charge in [-0.1, -0.05) is 48.5 Å². The number of hydrogen-bond acceptors (Lipinski definition) is 7. The van der Waals surface area contributed by atoms with Gasteiger partial charge in [0.25, 0.3) is 0 Å². The zero-order chi connectivity index (χ0) is 24.8. The average molecular weight is 470 g/mol. The zero-order valence-corrected chi connectivity index (χ0v) is 19.1. The zero-order valence-electron chi connectivity index (χ0n) is 19.1. The molecule has 8 nitrogen and oxygen atoms in total. The van der Waals surface area contributed by atoms with Gasteiger partial charge in [-0.3, -0.25) is 14.9 Å². The maximum Gasteiger partial charge on any atom is 0.322 e. The molecule has 0 amide bonds. The van der Waals surface area contributed by atoms with Crippen molar-refractivity contribution in [2.75, 3.05) is 7.11 Å². The molecule has 1 heterocycles. The van der Waals surface area contributed by atoms with E-state index in [0.717, 1.165) is 10.9 Å². The lowest BCUT2D eigenvalue weighted by Gasteiger charge is -2.10. The summed E-state index contributed by atoms with van der Waals surface area (Å²) in [7, 11) is 1.28. The minimum absolute atomic E-state index is 0.0205. The van der Waals surface area contributed by atoms with Gasteiger partial charge in [-0.25, -0.2) is 4.98 Å². The molecule has 0 saturated carbocycles. The third-order valence-electron chi connectivity index (χ3n) is 5.14. The Labute approximate surface area is 201 Å². The summed E-state index contributed by atoms with van der Waals surface area (Å²) >= 11 is 0. The molecule has 0 atom stereocenters. The summed E-state index contributed by atoms with van der Waals surface area (Å²) in [5.41, 5.74) is 2.28. The standard InChI is InChI=1S/C27H22N2O6/c1-18(30)35-24-16-13-21(26(29(31)32)27(24)33-2)12-15-22-14-11-20-9-6-10-23(25(20)28-22)34-17-19-7-4-3-5-8-19/h3-16H,17H2,1-2H3/b15-12+. The quantitative estimate of drug-likeness (QED) is 0.138. The Bertz CT molecular complexity index is 1420. The van der Waals surface area contributed by atoms with E-state index >= 15 is 0 Å². The predicted molar refractivity (Wildman–Crippen MR) is 132 cm³/mol. The third-order valence-corrected chi connectivity index (χ3v) is 5.14. The highest BCUT2D eigenvalue weighted by Crippen LogP contribution is 2.40. The first-order valence-corrected chi connectivity index (χ1v) is 10.7. The lowest BCUT2D eigenvalue weighted by molar-refractivity contribution is -0.386. The topological polar surface area (TPSA) is 101 Å². The van der Waals surface area contributed by atoms with Gasteiger partial charge < -0.3 is 14.2 Å². The number of carbonyl (C=O) groups is 1. The maximum absolute atomic E-state index is 11.8. The van der Waals surface area contributed by atoms with Crippen molar-refractivity contribution < 1.29 is 23.9 Å². The van der Waals surface area contributed by atoms with Crippen LogP contribution in [0.15, 0.2) is 72.8 Å². The highest BCUT2D eigenvalue weighted by atomic mass is 16.6. The fourth-order valence-corrected chi connectivity index (χ4v) is 3.58. The first kappa shape index (κ1) is 23.4. The number of ether oxygens (including phenoxy) is 3. The number of pyridine rings is 1. The Morgan fingerprint density at radius 2 is 1.77 bits per heavy atom. The van der Waals surface area contributed by atoms with Gasteiger partial charge in [0.05, 0.1) is 23.3 Å². The van der Waals surface area contributed by atoms with Crippen molar-refractivity contribution in [3.05, 3.63) is 99.7 Å². The molecule has 0 saturated heterocycles. The van der Waals surface area contributed by atoms with Gasteiger partial charge >= 0.3 is 11.7 Å². The van der Waals surface area contributed by atoms with E-state index in [1.807, 2.05) is 60.7 Å². The lowest BCUT2D eigenvalue weighted by Crippen LogP contribution is -2.05. The van der Waals surface area contributed by atoms with E-state index in [9.17, 15) is 14.9 Å². The second kappa shape index (κ2) is 10.5. The number of hydrogen-bond donors (Lipinski definition) is 0. The van der Waals surface area contributed by atoms with Crippen LogP contribution in [-0.2, 0) is 11.4 Å². The molecule has 0 spiro atoms. The normalized spacial score (nSPS) is 10.9. The van der Waals surface area contributed by atoms with Crippen molar-refractivity contribution in [3.8, 4) is 17.2 Å². The number of methoxy groups -OCH3 is 1. The lowest BCUT2D eigenvalue weighted by atomic mass is 10.1. The highest BCUT2D eigenvalue weighted by molar-refractivity contribution is 5.86. The van der Waals surface area contributed by atoms with Gasteiger partial charge in [0.15, 0.2) is 5.75 Å². The van der Waals surface area contributed by atoms with E-state index < -0.39 is 10.9 Å². The van der Waals surface area contributed by atoms with Crippen molar-refractivity contribution in [2.24, 2.45) is 0 Å². The summed E-state index contributed by atoms with van der Waals surface area (Å²) in [4.78, 5) is 27.2. The van der Waals surface area contributed by atoms with E-state index in [-0.39, 0.29) is 22.7 Å². The van der Waals surface area contributed by atoms with E-state index in [2.05, 4.69) is 0 Å². The molecular formula is C27H22N2O6. The van der Waals surface area contributed by atoms with E-state index in [1.165, 1.54) is 26.2 Å². The first-order valence-electron chi connectivity index (χ1n) is 10.7. The average Bonchev–Trinajstić information content (AvgIpc) is 2.86. The Morgan fingerprint density at radius 3 is 2.49 bits per heavy atom. The molecule has 0 N–H and O–H groups in total. The number of carbonyl (C=O) groups excluding carboxylic acids is 1. The smallest absolute Gasteiger partial charge is 0.322 e.